The lowest BCUT2D eigenvalue weighted by molar-refractivity contribution is -0.154. The summed E-state index contributed by atoms with van der Waals surface area (Å²) in [4.78, 5) is 33.7. The molecule has 36 heavy (non-hydrogen) atoms. The predicted octanol–water partition coefficient (Wildman–Crippen LogP) is 4.78. The van der Waals surface area contributed by atoms with E-state index >= 15 is 4.39 Å². The summed E-state index contributed by atoms with van der Waals surface area (Å²) >= 11 is 6.09. The zero-order chi connectivity index (χ0) is 24.8. The third-order valence-electron chi connectivity index (χ3n) is 7.36. The molecule has 4 aromatic rings. The van der Waals surface area contributed by atoms with Gasteiger partial charge in [0.2, 0.25) is 5.82 Å². The molecule has 0 aliphatic heterocycles. The molecule has 4 aromatic heterocycles. The van der Waals surface area contributed by atoms with E-state index in [-0.39, 0.29) is 52.4 Å². The van der Waals surface area contributed by atoms with Crippen LogP contribution < -0.4 is 5.32 Å². The smallest absolute Gasteiger partial charge is 0.311 e. The topological polar surface area (TPSA) is 111 Å². The Morgan fingerprint density at radius 1 is 1.19 bits per heavy atom. The van der Waals surface area contributed by atoms with Gasteiger partial charge in [-0.05, 0) is 56.6 Å². The van der Waals surface area contributed by atoms with Crippen LogP contribution in [0.1, 0.15) is 32.6 Å². The summed E-state index contributed by atoms with van der Waals surface area (Å²) in [6, 6.07) is 3.31. The molecule has 3 aliphatic carbocycles. The van der Waals surface area contributed by atoms with E-state index in [1.54, 1.807) is 42.2 Å². The first-order chi connectivity index (χ1) is 17.5. The van der Waals surface area contributed by atoms with Gasteiger partial charge in [0.1, 0.15) is 10.7 Å². The van der Waals surface area contributed by atoms with Crippen molar-refractivity contribution >= 4 is 34.6 Å². The average Bonchev–Trinajstić information content (AvgIpc) is 3.56. The molecule has 0 aromatic carbocycles. The van der Waals surface area contributed by atoms with Gasteiger partial charge in [0.25, 0.3) is 0 Å². The highest BCUT2D eigenvalue weighted by molar-refractivity contribution is 6.29. The van der Waals surface area contributed by atoms with Crippen molar-refractivity contribution in [3.8, 4) is 17.2 Å². The minimum absolute atomic E-state index is 0.0416. The number of carbonyl (C=O) groups excluding carboxylic acids is 1. The Kier molecular flexibility index (Phi) is 5.83. The predicted molar refractivity (Wildman–Crippen MR) is 132 cm³/mol. The highest BCUT2D eigenvalue weighted by atomic mass is 35.5. The van der Waals surface area contributed by atoms with Gasteiger partial charge in [0, 0.05) is 24.6 Å². The Balaban J connectivity index is 1.46. The standard InChI is InChI=1S/C25H25ClFN7O2/c1-2-36-25(35)17-13-5-7-14(8-6-13)19(17)31-22-18(27)24(34-9-3-4-10-34)33-21(32-22)15-11-28-23-20(15)30-16(26)12-29-23/h3-4,9-14,17,19H,2,5-8H2,1H3,(H,28,29)(H,31,32,33)/t13?,14?,17-,19-/m1/s1. The van der Waals surface area contributed by atoms with Gasteiger partial charge in [-0.15, -0.1) is 0 Å². The molecule has 3 saturated carbocycles. The van der Waals surface area contributed by atoms with Crippen LogP contribution in [0.3, 0.4) is 0 Å². The maximum atomic E-state index is 15.9. The number of ether oxygens (including phenoxy) is 1. The molecule has 0 amide bonds. The van der Waals surface area contributed by atoms with Crippen LogP contribution in [0.2, 0.25) is 5.15 Å². The maximum absolute atomic E-state index is 15.9. The van der Waals surface area contributed by atoms with Gasteiger partial charge in [-0.1, -0.05) is 11.6 Å². The van der Waals surface area contributed by atoms with E-state index in [0.717, 1.165) is 25.7 Å². The lowest BCUT2D eigenvalue weighted by Gasteiger charge is -2.47. The van der Waals surface area contributed by atoms with Gasteiger partial charge < -0.3 is 19.6 Å². The molecule has 2 N–H and O–H groups in total. The van der Waals surface area contributed by atoms with E-state index in [1.165, 1.54) is 6.20 Å². The van der Waals surface area contributed by atoms with Crippen LogP contribution in [0.25, 0.3) is 28.4 Å². The summed E-state index contributed by atoms with van der Waals surface area (Å²) in [5.74, 6) is -0.331. The summed E-state index contributed by atoms with van der Waals surface area (Å²) < 4.78 is 22.9. The Hall–Kier alpha value is -3.53. The number of esters is 1. The third kappa shape index (κ3) is 3.89. The Labute approximate surface area is 211 Å². The monoisotopic (exact) mass is 509 g/mol. The Bertz CT molecular complexity index is 1420. The number of carbonyl (C=O) groups is 1. The maximum Gasteiger partial charge on any atom is 0.311 e. The number of aromatic amines is 1. The fourth-order valence-electron chi connectivity index (χ4n) is 5.73. The summed E-state index contributed by atoms with van der Waals surface area (Å²) in [6.45, 7) is 2.12. The quantitative estimate of drug-likeness (QED) is 0.360. The van der Waals surface area contributed by atoms with E-state index in [1.807, 2.05) is 0 Å². The molecule has 2 bridgehead atoms. The molecular formula is C25H25ClFN7O2. The third-order valence-corrected chi connectivity index (χ3v) is 7.54. The number of rotatable bonds is 6. The second-order valence-corrected chi connectivity index (χ2v) is 9.73. The fraction of sp³-hybridized carbons (Fsp3) is 0.400. The van der Waals surface area contributed by atoms with Crippen LogP contribution >= 0.6 is 11.6 Å². The van der Waals surface area contributed by atoms with Gasteiger partial charge in [0.05, 0.1) is 24.3 Å². The molecule has 0 spiro atoms. The number of fused-ring (bicyclic) bond motifs is 4. The van der Waals surface area contributed by atoms with E-state index in [2.05, 4.69) is 30.2 Å². The number of hydrogen-bond donors (Lipinski definition) is 2. The highest BCUT2D eigenvalue weighted by Crippen LogP contribution is 2.47. The van der Waals surface area contributed by atoms with Gasteiger partial charge >= 0.3 is 5.97 Å². The number of halogens is 2. The Morgan fingerprint density at radius 2 is 1.94 bits per heavy atom. The van der Waals surface area contributed by atoms with Crippen LogP contribution in [0.15, 0.2) is 36.9 Å². The normalized spacial score (nSPS) is 23.2. The van der Waals surface area contributed by atoms with E-state index in [4.69, 9.17) is 16.3 Å². The molecular weight excluding hydrogens is 485 g/mol. The van der Waals surface area contributed by atoms with Crippen molar-refractivity contribution < 1.29 is 13.9 Å². The second kappa shape index (κ2) is 9.16. The number of anilines is 1. The molecule has 3 aliphatic rings. The molecule has 4 heterocycles. The minimum atomic E-state index is -0.594. The van der Waals surface area contributed by atoms with Crippen LogP contribution in [-0.2, 0) is 9.53 Å². The largest absolute Gasteiger partial charge is 0.466 e. The molecule has 186 valence electrons. The minimum Gasteiger partial charge on any atom is -0.466 e. The van der Waals surface area contributed by atoms with Crippen LogP contribution in [0.4, 0.5) is 10.2 Å². The van der Waals surface area contributed by atoms with Crippen LogP contribution in [0.5, 0.6) is 0 Å². The number of H-pyrrole nitrogens is 1. The van der Waals surface area contributed by atoms with Crippen LogP contribution in [0, 0.1) is 23.6 Å². The SMILES string of the molecule is CCOC(=O)[C@@H]1C2CCC(CC2)[C@H]1Nc1nc(-c2c[nH]c3ncc(Cl)nc23)nc(-n2cccc2)c1F. The van der Waals surface area contributed by atoms with Crippen molar-refractivity contribution in [1.29, 1.82) is 0 Å². The molecule has 3 fully saturated rings. The molecule has 0 saturated heterocycles. The average molecular weight is 510 g/mol. The first-order valence-electron chi connectivity index (χ1n) is 12.2. The van der Waals surface area contributed by atoms with Crippen molar-refractivity contribution in [2.24, 2.45) is 17.8 Å². The molecule has 11 heteroatoms. The Morgan fingerprint density at radius 3 is 2.69 bits per heavy atom. The van der Waals surface area contributed by atoms with E-state index in [0.29, 0.717) is 23.3 Å². The molecule has 2 atom stereocenters. The number of nitrogens with one attached hydrogen (secondary N) is 2. The lowest BCUT2D eigenvalue weighted by Crippen LogP contribution is -2.52. The molecule has 0 radical (unpaired) electrons. The summed E-state index contributed by atoms with van der Waals surface area (Å²) in [7, 11) is 0. The fourth-order valence-corrected chi connectivity index (χ4v) is 5.86. The van der Waals surface area contributed by atoms with Crippen molar-refractivity contribution in [3.63, 3.8) is 0 Å². The second-order valence-electron chi connectivity index (χ2n) is 9.34. The summed E-state index contributed by atoms with van der Waals surface area (Å²) in [6.07, 6.45) is 10.5. The van der Waals surface area contributed by atoms with Crippen molar-refractivity contribution in [2.75, 3.05) is 11.9 Å². The first kappa shape index (κ1) is 22.9. The van der Waals surface area contributed by atoms with Crippen LogP contribution in [-0.4, -0.2) is 48.1 Å². The van der Waals surface area contributed by atoms with E-state index < -0.39 is 5.82 Å². The van der Waals surface area contributed by atoms with Crippen molar-refractivity contribution in [1.82, 2.24) is 29.5 Å². The van der Waals surface area contributed by atoms with E-state index in [9.17, 15) is 4.79 Å². The summed E-state index contributed by atoms with van der Waals surface area (Å²) in [5.41, 5.74) is 1.55. The van der Waals surface area contributed by atoms with Gasteiger partial charge in [-0.2, -0.15) is 4.39 Å². The molecule has 0 unspecified atom stereocenters. The summed E-state index contributed by atoms with van der Waals surface area (Å²) in [5, 5.41) is 3.55. The number of nitrogens with zero attached hydrogens (tertiary/aromatic N) is 5. The lowest BCUT2D eigenvalue weighted by atomic mass is 9.61. The number of aromatic nitrogens is 6. The zero-order valence-corrected chi connectivity index (χ0v) is 20.4. The van der Waals surface area contributed by atoms with Gasteiger partial charge in [0.15, 0.2) is 23.1 Å². The first-order valence-corrected chi connectivity index (χ1v) is 12.5. The van der Waals surface area contributed by atoms with Gasteiger partial charge in [-0.3, -0.25) is 4.79 Å². The van der Waals surface area contributed by atoms with Crippen molar-refractivity contribution in [3.05, 3.63) is 47.9 Å². The zero-order valence-electron chi connectivity index (χ0n) is 19.6. The van der Waals surface area contributed by atoms with Gasteiger partial charge in [-0.25, -0.2) is 19.9 Å². The molecule has 7 rings (SSSR count). The molecule has 9 nitrogen and oxygen atoms in total. The number of hydrogen-bond acceptors (Lipinski definition) is 7. The highest BCUT2D eigenvalue weighted by Gasteiger charge is 2.48. The van der Waals surface area contributed by atoms with Crippen molar-refractivity contribution in [2.45, 2.75) is 38.6 Å².